The van der Waals surface area contributed by atoms with Crippen molar-refractivity contribution in [2.45, 2.75) is 37.8 Å². The van der Waals surface area contributed by atoms with Crippen molar-refractivity contribution in [2.75, 3.05) is 6.54 Å². The van der Waals surface area contributed by atoms with Gasteiger partial charge in [0.2, 0.25) is 10.0 Å². The van der Waals surface area contributed by atoms with Crippen LogP contribution in [0.15, 0.2) is 53.4 Å². The minimum Gasteiger partial charge on any atom is -0.352 e. The highest BCUT2D eigenvalue weighted by Gasteiger charge is 2.19. The number of rotatable bonds is 8. The van der Waals surface area contributed by atoms with Gasteiger partial charge in [0.15, 0.2) is 0 Å². The third kappa shape index (κ3) is 5.66. The Morgan fingerprint density at radius 1 is 1.15 bits per heavy atom. The Hall–Kier alpha value is -2.22. The minimum atomic E-state index is -3.73. The van der Waals surface area contributed by atoms with Gasteiger partial charge in [0.1, 0.15) is 0 Å². The molecule has 0 spiro atoms. The van der Waals surface area contributed by atoms with E-state index in [0.717, 1.165) is 5.56 Å². The molecule has 2 rings (SSSR count). The van der Waals surface area contributed by atoms with Crippen molar-refractivity contribution < 1.29 is 13.2 Å². The van der Waals surface area contributed by atoms with Gasteiger partial charge < -0.3 is 11.1 Å². The van der Waals surface area contributed by atoms with E-state index in [1.807, 2.05) is 37.3 Å². The van der Waals surface area contributed by atoms with Gasteiger partial charge in [0, 0.05) is 24.7 Å². The first-order valence-corrected chi connectivity index (χ1v) is 9.96. The zero-order chi connectivity index (χ0) is 19.2. The molecule has 4 N–H and O–H groups in total. The first-order chi connectivity index (χ1) is 12.3. The normalized spacial score (nSPS) is 12.6. The van der Waals surface area contributed by atoms with Crippen LogP contribution in [0.5, 0.6) is 0 Å². The summed E-state index contributed by atoms with van der Waals surface area (Å²) in [4.78, 5) is 12.3. The number of hydrogen-bond donors (Lipinski definition) is 3. The van der Waals surface area contributed by atoms with E-state index in [9.17, 15) is 13.2 Å². The van der Waals surface area contributed by atoms with E-state index in [1.165, 1.54) is 6.07 Å². The maximum atomic E-state index is 12.6. The van der Waals surface area contributed by atoms with Crippen molar-refractivity contribution >= 4 is 15.9 Å². The minimum absolute atomic E-state index is 0.00792. The molecule has 0 aliphatic heterocycles. The van der Waals surface area contributed by atoms with Crippen LogP contribution in [0, 0.1) is 6.92 Å². The lowest BCUT2D eigenvalue weighted by molar-refractivity contribution is 0.0952. The molecule has 6 nitrogen and oxygen atoms in total. The molecule has 7 heteroatoms. The lowest BCUT2D eigenvalue weighted by atomic mass is 10.1. The average Bonchev–Trinajstić information content (AvgIpc) is 2.61. The van der Waals surface area contributed by atoms with Crippen LogP contribution in [0.1, 0.15) is 34.8 Å². The number of benzene rings is 2. The summed E-state index contributed by atoms with van der Waals surface area (Å²) in [7, 11) is -3.73. The Labute approximate surface area is 154 Å². The number of nitrogens with one attached hydrogen (secondary N) is 2. The van der Waals surface area contributed by atoms with Gasteiger partial charge in [0.25, 0.3) is 5.91 Å². The Balaban J connectivity index is 2.13. The maximum Gasteiger partial charge on any atom is 0.251 e. The number of carbonyl (C=O) groups excluding carboxylic acids is 1. The predicted molar refractivity (Wildman–Crippen MR) is 102 cm³/mol. The van der Waals surface area contributed by atoms with Crippen LogP contribution >= 0.6 is 0 Å². The molecular weight excluding hydrogens is 350 g/mol. The lowest BCUT2D eigenvalue weighted by Crippen LogP contribution is -2.29. The highest BCUT2D eigenvalue weighted by atomic mass is 32.2. The standard InChI is InChI=1S/C19H25N3O3S/c1-14-8-9-17(19(23)21-11-10-15(2)20)12-18(14)26(24,25)22-13-16-6-4-3-5-7-16/h3-9,12,15,22H,10-11,13,20H2,1-2H3,(H,21,23). The molecule has 0 saturated carbocycles. The molecule has 26 heavy (non-hydrogen) atoms. The number of carbonyl (C=O) groups is 1. The van der Waals surface area contributed by atoms with Crippen molar-refractivity contribution in [3.8, 4) is 0 Å². The van der Waals surface area contributed by atoms with Gasteiger partial charge in [-0.1, -0.05) is 36.4 Å². The van der Waals surface area contributed by atoms with Crippen LogP contribution in [-0.2, 0) is 16.6 Å². The van der Waals surface area contributed by atoms with E-state index in [1.54, 1.807) is 19.1 Å². The summed E-state index contributed by atoms with van der Waals surface area (Å²) in [6.45, 7) is 4.20. The van der Waals surface area contributed by atoms with E-state index in [4.69, 9.17) is 5.73 Å². The quantitative estimate of drug-likeness (QED) is 0.656. The topological polar surface area (TPSA) is 101 Å². The number of amides is 1. The molecule has 1 unspecified atom stereocenters. The molecule has 0 bridgehead atoms. The number of sulfonamides is 1. The third-order valence-electron chi connectivity index (χ3n) is 3.93. The average molecular weight is 375 g/mol. The fraction of sp³-hybridized carbons (Fsp3) is 0.316. The summed E-state index contributed by atoms with van der Waals surface area (Å²) < 4.78 is 27.9. The zero-order valence-corrected chi connectivity index (χ0v) is 15.8. The second-order valence-electron chi connectivity index (χ2n) is 6.31. The van der Waals surface area contributed by atoms with Crippen molar-refractivity contribution in [1.29, 1.82) is 0 Å². The van der Waals surface area contributed by atoms with E-state index in [-0.39, 0.29) is 23.4 Å². The molecule has 0 aliphatic carbocycles. The van der Waals surface area contributed by atoms with E-state index in [2.05, 4.69) is 10.0 Å². The molecule has 1 amide bonds. The summed E-state index contributed by atoms with van der Waals surface area (Å²) in [6.07, 6.45) is 0.654. The van der Waals surface area contributed by atoms with Gasteiger partial charge in [-0.3, -0.25) is 4.79 Å². The predicted octanol–water partition coefficient (Wildman–Crippen LogP) is 1.94. The van der Waals surface area contributed by atoms with Crippen LogP contribution < -0.4 is 15.8 Å². The molecule has 0 heterocycles. The van der Waals surface area contributed by atoms with Crippen LogP contribution in [0.3, 0.4) is 0 Å². The molecule has 1 atom stereocenters. The summed E-state index contributed by atoms with van der Waals surface area (Å²) in [5.41, 5.74) is 7.41. The van der Waals surface area contributed by atoms with Crippen LogP contribution in [0.25, 0.3) is 0 Å². The van der Waals surface area contributed by atoms with Crippen LogP contribution in [0.2, 0.25) is 0 Å². The molecule has 0 fully saturated rings. The zero-order valence-electron chi connectivity index (χ0n) is 15.0. The first-order valence-electron chi connectivity index (χ1n) is 8.47. The largest absolute Gasteiger partial charge is 0.352 e. The molecular formula is C19H25N3O3S. The maximum absolute atomic E-state index is 12.6. The Bertz CT molecular complexity index is 850. The van der Waals surface area contributed by atoms with E-state index >= 15 is 0 Å². The summed E-state index contributed by atoms with van der Waals surface area (Å²) in [5.74, 6) is -0.315. The Kier molecular flexibility index (Phi) is 6.90. The third-order valence-corrected chi connectivity index (χ3v) is 5.48. The molecule has 140 valence electrons. The molecule has 0 radical (unpaired) electrons. The van der Waals surface area contributed by atoms with Gasteiger partial charge in [0.05, 0.1) is 4.90 Å². The molecule has 0 saturated heterocycles. The van der Waals surface area contributed by atoms with E-state index in [0.29, 0.717) is 24.1 Å². The van der Waals surface area contributed by atoms with Gasteiger partial charge in [-0.05, 0) is 43.5 Å². The molecule has 2 aromatic carbocycles. The number of nitrogens with two attached hydrogens (primary N) is 1. The number of hydrogen-bond acceptors (Lipinski definition) is 4. The molecule has 0 aromatic heterocycles. The summed E-state index contributed by atoms with van der Waals surface area (Å²) in [5, 5.41) is 2.75. The van der Waals surface area contributed by atoms with Gasteiger partial charge in [-0.25, -0.2) is 13.1 Å². The van der Waals surface area contributed by atoms with Gasteiger partial charge in [-0.2, -0.15) is 0 Å². The number of aryl methyl sites for hydroxylation is 1. The van der Waals surface area contributed by atoms with Crippen molar-refractivity contribution in [3.63, 3.8) is 0 Å². The second-order valence-corrected chi connectivity index (χ2v) is 8.05. The van der Waals surface area contributed by atoms with Crippen molar-refractivity contribution in [2.24, 2.45) is 5.73 Å². The molecule has 0 aliphatic rings. The Morgan fingerprint density at radius 2 is 1.85 bits per heavy atom. The smallest absolute Gasteiger partial charge is 0.251 e. The first kappa shape index (κ1) is 20.1. The van der Waals surface area contributed by atoms with Crippen molar-refractivity contribution in [3.05, 3.63) is 65.2 Å². The second kappa shape index (κ2) is 8.93. The van der Waals surface area contributed by atoms with Crippen LogP contribution in [0.4, 0.5) is 0 Å². The highest BCUT2D eigenvalue weighted by molar-refractivity contribution is 7.89. The highest BCUT2D eigenvalue weighted by Crippen LogP contribution is 2.17. The summed E-state index contributed by atoms with van der Waals surface area (Å²) in [6, 6.07) is 13.9. The monoisotopic (exact) mass is 375 g/mol. The fourth-order valence-electron chi connectivity index (χ4n) is 2.40. The van der Waals surface area contributed by atoms with Crippen molar-refractivity contribution in [1.82, 2.24) is 10.0 Å². The van der Waals surface area contributed by atoms with Crippen LogP contribution in [-0.4, -0.2) is 26.9 Å². The molecule has 2 aromatic rings. The SMILES string of the molecule is Cc1ccc(C(=O)NCCC(C)N)cc1S(=O)(=O)NCc1ccccc1. The summed E-state index contributed by atoms with van der Waals surface area (Å²) >= 11 is 0. The Morgan fingerprint density at radius 3 is 2.50 bits per heavy atom. The lowest BCUT2D eigenvalue weighted by Gasteiger charge is -2.12. The fourth-order valence-corrected chi connectivity index (χ4v) is 3.68. The van der Waals surface area contributed by atoms with E-state index < -0.39 is 10.0 Å². The van der Waals surface area contributed by atoms with Gasteiger partial charge in [-0.15, -0.1) is 0 Å². The van der Waals surface area contributed by atoms with Gasteiger partial charge >= 0.3 is 0 Å².